The zero-order valence-corrected chi connectivity index (χ0v) is 10.8. The number of carbonyl (C=O) groups excluding carboxylic acids is 1. The molecule has 2 atom stereocenters. The first-order valence-corrected chi connectivity index (χ1v) is 6.70. The molecular formula is C17H17NO. The van der Waals surface area contributed by atoms with Crippen molar-refractivity contribution >= 4 is 5.78 Å². The third kappa shape index (κ3) is 2.74. The van der Waals surface area contributed by atoms with Crippen LogP contribution in [0.5, 0.6) is 0 Å². The van der Waals surface area contributed by atoms with Crippen molar-refractivity contribution in [3.05, 3.63) is 71.8 Å². The van der Waals surface area contributed by atoms with E-state index >= 15 is 0 Å². The van der Waals surface area contributed by atoms with Crippen LogP contribution in [0.4, 0.5) is 0 Å². The van der Waals surface area contributed by atoms with Gasteiger partial charge in [0.05, 0.1) is 0 Å². The lowest BCUT2D eigenvalue weighted by atomic mass is 9.89. The zero-order valence-electron chi connectivity index (χ0n) is 10.8. The van der Waals surface area contributed by atoms with Crippen molar-refractivity contribution in [1.82, 2.24) is 5.32 Å². The average Bonchev–Trinajstić information content (AvgIpc) is 2.48. The molecule has 2 aromatic rings. The van der Waals surface area contributed by atoms with Crippen LogP contribution < -0.4 is 5.32 Å². The normalized spacial score (nSPS) is 23.3. The molecule has 3 rings (SSSR count). The molecule has 2 heteroatoms. The van der Waals surface area contributed by atoms with Gasteiger partial charge in [0.2, 0.25) is 0 Å². The van der Waals surface area contributed by atoms with Crippen LogP contribution in [-0.4, -0.2) is 5.78 Å². The fourth-order valence-corrected chi connectivity index (χ4v) is 2.70. The number of rotatable bonds is 2. The summed E-state index contributed by atoms with van der Waals surface area (Å²) in [5, 5.41) is 3.60. The maximum absolute atomic E-state index is 12.0. The summed E-state index contributed by atoms with van der Waals surface area (Å²) in [5.41, 5.74) is 2.38. The Balaban J connectivity index is 1.84. The van der Waals surface area contributed by atoms with E-state index in [1.54, 1.807) is 0 Å². The highest BCUT2D eigenvalue weighted by atomic mass is 16.1. The summed E-state index contributed by atoms with van der Waals surface area (Å²) in [6, 6.07) is 20.7. The van der Waals surface area contributed by atoms with Gasteiger partial charge in [-0.05, 0) is 11.1 Å². The standard InChI is InChI=1S/C17H17NO/c19-15-11-16(13-7-3-1-4-8-13)18-17(12-15)14-9-5-2-6-10-14/h1-10,16-18H,11-12H2. The molecule has 96 valence electrons. The molecule has 0 aliphatic carbocycles. The molecule has 2 aromatic carbocycles. The highest BCUT2D eigenvalue weighted by Crippen LogP contribution is 2.30. The summed E-state index contributed by atoms with van der Waals surface area (Å²) in [4.78, 5) is 12.0. The van der Waals surface area contributed by atoms with E-state index in [-0.39, 0.29) is 12.1 Å². The van der Waals surface area contributed by atoms with Gasteiger partial charge in [-0.3, -0.25) is 4.79 Å². The number of benzene rings is 2. The van der Waals surface area contributed by atoms with E-state index in [4.69, 9.17) is 0 Å². The minimum Gasteiger partial charge on any atom is -0.302 e. The van der Waals surface area contributed by atoms with E-state index in [0.717, 1.165) is 0 Å². The van der Waals surface area contributed by atoms with E-state index in [1.807, 2.05) is 36.4 Å². The van der Waals surface area contributed by atoms with Gasteiger partial charge >= 0.3 is 0 Å². The van der Waals surface area contributed by atoms with Crippen LogP contribution in [0, 0.1) is 0 Å². The van der Waals surface area contributed by atoms with Crippen LogP contribution >= 0.6 is 0 Å². The molecule has 19 heavy (non-hydrogen) atoms. The van der Waals surface area contributed by atoms with Crippen LogP contribution in [0.15, 0.2) is 60.7 Å². The molecule has 0 radical (unpaired) electrons. The van der Waals surface area contributed by atoms with Gasteiger partial charge in [0.25, 0.3) is 0 Å². The number of nitrogens with one attached hydrogen (secondary N) is 1. The minimum absolute atomic E-state index is 0.132. The van der Waals surface area contributed by atoms with Gasteiger partial charge in [-0.1, -0.05) is 60.7 Å². The van der Waals surface area contributed by atoms with Crippen LogP contribution in [0.3, 0.4) is 0 Å². The zero-order chi connectivity index (χ0) is 13.1. The third-order valence-corrected chi connectivity index (χ3v) is 3.67. The Morgan fingerprint density at radius 3 is 1.58 bits per heavy atom. The van der Waals surface area contributed by atoms with E-state index in [2.05, 4.69) is 29.6 Å². The van der Waals surface area contributed by atoms with Crippen LogP contribution in [0.25, 0.3) is 0 Å². The number of hydrogen-bond acceptors (Lipinski definition) is 2. The molecule has 1 fully saturated rings. The molecule has 0 saturated carbocycles. The maximum atomic E-state index is 12.0. The molecule has 0 aromatic heterocycles. The van der Waals surface area contributed by atoms with Crippen molar-refractivity contribution in [3.63, 3.8) is 0 Å². The summed E-state index contributed by atoms with van der Waals surface area (Å²) < 4.78 is 0. The molecule has 1 aliphatic heterocycles. The molecular weight excluding hydrogens is 234 g/mol. The SMILES string of the molecule is O=C1CC(c2ccccc2)NC(c2ccccc2)C1. The van der Waals surface area contributed by atoms with Crippen molar-refractivity contribution in [2.45, 2.75) is 24.9 Å². The quantitative estimate of drug-likeness (QED) is 0.886. The number of ketones is 1. The van der Waals surface area contributed by atoms with Gasteiger partial charge < -0.3 is 5.32 Å². The second-order valence-electron chi connectivity index (χ2n) is 5.04. The first-order chi connectivity index (χ1) is 9.33. The largest absolute Gasteiger partial charge is 0.302 e. The van der Waals surface area contributed by atoms with Crippen LogP contribution in [-0.2, 0) is 4.79 Å². The molecule has 2 unspecified atom stereocenters. The number of carbonyl (C=O) groups is 1. The van der Waals surface area contributed by atoms with E-state index in [1.165, 1.54) is 11.1 Å². The monoisotopic (exact) mass is 251 g/mol. The molecule has 0 spiro atoms. The Bertz CT molecular complexity index is 500. The van der Waals surface area contributed by atoms with Crippen molar-refractivity contribution in [2.75, 3.05) is 0 Å². The van der Waals surface area contributed by atoms with Crippen LogP contribution in [0.1, 0.15) is 36.1 Å². The molecule has 0 bridgehead atoms. The number of piperidine rings is 1. The smallest absolute Gasteiger partial charge is 0.136 e. The fraction of sp³-hybridized carbons (Fsp3) is 0.235. The lowest BCUT2D eigenvalue weighted by Crippen LogP contribution is -2.35. The van der Waals surface area contributed by atoms with E-state index < -0.39 is 0 Å². The molecule has 0 amide bonds. The van der Waals surface area contributed by atoms with Crippen LogP contribution in [0.2, 0.25) is 0 Å². The summed E-state index contributed by atoms with van der Waals surface area (Å²) in [6.45, 7) is 0. The first kappa shape index (κ1) is 12.1. The van der Waals surface area contributed by atoms with Gasteiger partial charge in [-0.25, -0.2) is 0 Å². The van der Waals surface area contributed by atoms with E-state index in [9.17, 15) is 4.79 Å². The van der Waals surface area contributed by atoms with Crippen molar-refractivity contribution in [3.8, 4) is 0 Å². The van der Waals surface area contributed by atoms with Gasteiger partial charge in [0.15, 0.2) is 0 Å². The molecule has 1 aliphatic rings. The highest BCUT2D eigenvalue weighted by Gasteiger charge is 2.28. The van der Waals surface area contributed by atoms with Crippen molar-refractivity contribution in [2.24, 2.45) is 0 Å². The second-order valence-corrected chi connectivity index (χ2v) is 5.04. The Morgan fingerprint density at radius 2 is 1.16 bits per heavy atom. The summed E-state index contributed by atoms with van der Waals surface area (Å²) >= 11 is 0. The molecule has 1 heterocycles. The maximum Gasteiger partial charge on any atom is 0.136 e. The van der Waals surface area contributed by atoms with E-state index in [0.29, 0.717) is 18.6 Å². The van der Waals surface area contributed by atoms with Gasteiger partial charge in [-0.15, -0.1) is 0 Å². The Morgan fingerprint density at radius 1 is 0.737 bits per heavy atom. The molecule has 1 N–H and O–H groups in total. The summed E-state index contributed by atoms with van der Waals surface area (Å²) in [6.07, 6.45) is 1.18. The first-order valence-electron chi connectivity index (χ1n) is 6.70. The summed E-state index contributed by atoms with van der Waals surface area (Å²) in [5.74, 6) is 0.335. The number of Topliss-reactive ketones (excluding diaryl/α,β-unsaturated/α-hetero) is 1. The average molecular weight is 251 g/mol. The topological polar surface area (TPSA) is 29.1 Å². The Hall–Kier alpha value is -1.93. The van der Waals surface area contributed by atoms with Crippen molar-refractivity contribution in [1.29, 1.82) is 0 Å². The second kappa shape index (κ2) is 5.37. The predicted octanol–water partition coefficient (Wildman–Crippen LogP) is 3.42. The van der Waals surface area contributed by atoms with Gasteiger partial charge in [0, 0.05) is 24.9 Å². The third-order valence-electron chi connectivity index (χ3n) is 3.67. The Kier molecular flexibility index (Phi) is 3.43. The Labute approximate surface area is 113 Å². The van der Waals surface area contributed by atoms with Gasteiger partial charge in [0.1, 0.15) is 5.78 Å². The molecule has 2 nitrogen and oxygen atoms in total. The molecule has 1 saturated heterocycles. The fourth-order valence-electron chi connectivity index (χ4n) is 2.70. The highest BCUT2D eigenvalue weighted by molar-refractivity contribution is 5.81. The number of hydrogen-bond donors (Lipinski definition) is 1. The predicted molar refractivity (Wildman–Crippen MR) is 75.7 cm³/mol. The van der Waals surface area contributed by atoms with Gasteiger partial charge in [-0.2, -0.15) is 0 Å². The lowest BCUT2D eigenvalue weighted by Gasteiger charge is -2.30. The minimum atomic E-state index is 0.132. The summed E-state index contributed by atoms with van der Waals surface area (Å²) in [7, 11) is 0. The van der Waals surface area contributed by atoms with Crippen molar-refractivity contribution < 1.29 is 4.79 Å². The lowest BCUT2D eigenvalue weighted by molar-refractivity contribution is -0.121.